The predicted octanol–water partition coefficient (Wildman–Crippen LogP) is 3.74. The second kappa shape index (κ2) is 6.13. The summed E-state index contributed by atoms with van der Waals surface area (Å²) in [6.45, 7) is 1.71. The molecule has 2 rings (SSSR count). The highest BCUT2D eigenvalue weighted by Crippen LogP contribution is 2.27. The normalized spacial score (nSPS) is 10.3. The molecule has 0 atom stereocenters. The zero-order valence-electron chi connectivity index (χ0n) is 11.5. The van der Waals surface area contributed by atoms with Crippen LogP contribution in [0.2, 0.25) is 0 Å². The fourth-order valence-corrected chi connectivity index (χ4v) is 2.21. The highest BCUT2D eigenvalue weighted by Gasteiger charge is 2.14. The van der Waals surface area contributed by atoms with Gasteiger partial charge in [-0.15, -0.1) is 0 Å². The van der Waals surface area contributed by atoms with Crippen LogP contribution >= 0.6 is 15.9 Å². The van der Waals surface area contributed by atoms with Crippen molar-refractivity contribution in [3.63, 3.8) is 0 Å². The van der Waals surface area contributed by atoms with Gasteiger partial charge in [0.1, 0.15) is 11.6 Å². The van der Waals surface area contributed by atoms with Crippen molar-refractivity contribution in [2.75, 3.05) is 18.2 Å². The van der Waals surface area contributed by atoms with Crippen LogP contribution in [0.4, 0.5) is 15.8 Å². The Labute approximate surface area is 130 Å². The van der Waals surface area contributed by atoms with E-state index in [-0.39, 0.29) is 16.2 Å². The van der Waals surface area contributed by atoms with E-state index in [0.717, 1.165) is 0 Å². The first kappa shape index (κ1) is 15.3. The molecule has 4 nitrogen and oxygen atoms in total. The van der Waals surface area contributed by atoms with Crippen LogP contribution in [-0.4, -0.2) is 13.0 Å². The van der Waals surface area contributed by atoms with Crippen molar-refractivity contribution in [1.29, 1.82) is 0 Å². The summed E-state index contributed by atoms with van der Waals surface area (Å²) >= 11 is 3.10. The maximum absolute atomic E-state index is 13.4. The minimum atomic E-state index is -0.379. The van der Waals surface area contributed by atoms with Crippen molar-refractivity contribution in [2.24, 2.45) is 0 Å². The quantitative estimate of drug-likeness (QED) is 0.827. The molecule has 0 aliphatic heterocycles. The van der Waals surface area contributed by atoms with Gasteiger partial charge in [-0.25, -0.2) is 4.39 Å². The number of nitrogens with two attached hydrogens (primary N) is 1. The number of ether oxygens (including phenoxy) is 1. The third kappa shape index (κ3) is 3.33. The number of hydrogen-bond acceptors (Lipinski definition) is 3. The summed E-state index contributed by atoms with van der Waals surface area (Å²) in [4.78, 5) is 12.3. The van der Waals surface area contributed by atoms with Crippen LogP contribution < -0.4 is 15.8 Å². The predicted molar refractivity (Wildman–Crippen MR) is 84.2 cm³/mol. The van der Waals surface area contributed by atoms with Crippen LogP contribution in [0.1, 0.15) is 15.9 Å². The molecule has 3 N–H and O–H groups in total. The maximum Gasteiger partial charge on any atom is 0.259 e. The molecule has 0 saturated carbocycles. The Morgan fingerprint density at radius 3 is 2.71 bits per heavy atom. The van der Waals surface area contributed by atoms with Crippen LogP contribution in [0, 0.1) is 12.7 Å². The summed E-state index contributed by atoms with van der Waals surface area (Å²) in [6.07, 6.45) is 0. The fourth-order valence-electron chi connectivity index (χ4n) is 1.87. The number of rotatable bonds is 3. The average molecular weight is 353 g/mol. The zero-order valence-corrected chi connectivity index (χ0v) is 13.1. The van der Waals surface area contributed by atoms with E-state index in [1.165, 1.54) is 19.2 Å². The lowest BCUT2D eigenvalue weighted by molar-refractivity contribution is 0.102. The van der Waals surface area contributed by atoms with Crippen molar-refractivity contribution in [2.45, 2.75) is 6.92 Å². The van der Waals surface area contributed by atoms with Crippen LogP contribution in [0.15, 0.2) is 34.8 Å². The van der Waals surface area contributed by atoms with Crippen molar-refractivity contribution in [1.82, 2.24) is 0 Å². The van der Waals surface area contributed by atoms with E-state index < -0.39 is 0 Å². The lowest BCUT2D eigenvalue weighted by Crippen LogP contribution is -2.14. The molecule has 2 aromatic carbocycles. The molecule has 0 radical (unpaired) electrons. The fraction of sp³-hybridized carbons (Fsp3) is 0.133. The van der Waals surface area contributed by atoms with Gasteiger partial charge in [-0.3, -0.25) is 4.79 Å². The molecule has 0 unspecified atom stereocenters. The van der Waals surface area contributed by atoms with Crippen molar-refractivity contribution >= 4 is 33.2 Å². The van der Waals surface area contributed by atoms with E-state index in [9.17, 15) is 9.18 Å². The topological polar surface area (TPSA) is 64.3 Å². The first-order chi connectivity index (χ1) is 9.92. The van der Waals surface area contributed by atoms with Gasteiger partial charge < -0.3 is 15.8 Å². The van der Waals surface area contributed by atoms with Gasteiger partial charge in [-0.05, 0) is 52.7 Å². The van der Waals surface area contributed by atoms with Gasteiger partial charge in [-0.2, -0.15) is 0 Å². The molecule has 21 heavy (non-hydrogen) atoms. The number of carbonyl (C=O) groups excluding carboxylic acids is 1. The SMILES string of the molecule is COc1cc(N)ccc1C(=O)Nc1cc(Br)c(F)cc1C. The molecule has 0 aromatic heterocycles. The molecule has 0 aliphatic rings. The molecular formula is C15H14BrFN2O2. The Morgan fingerprint density at radius 2 is 2.05 bits per heavy atom. The van der Waals surface area contributed by atoms with Gasteiger partial charge in [0.25, 0.3) is 5.91 Å². The Hall–Kier alpha value is -2.08. The minimum absolute atomic E-state index is 0.285. The summed E-state index contributed by atoms with van der Waals surface area (Å²) in [7, 11) is 1.46. The maximum atomic E-state index is 13.4. The first-order valence-corrected chi connectivity index (χ1v) is 6.92. The minimum Gasteiger partial charge on any atom is -0.496 e. The van der Waals surface area contributed by atoms with Gasteiger partial charge in [0.15, 0.2) is 0 Å². The summed E-state index contributed by atoms with van der Waals surface area (Å²) in [5.74, 6) is -0.352. The van der Waals surface area contributed by atoms with Gasteiger partial charge in [0.05, 0.1) is 17.1 Å². The van der Waals surface area contributed by atoms with Crippen molar-refractivity contribution in [3.05, 3.63) is 51.7 Å². The number of halogens is 2. The molecule has 0 fully saturated rings. The number of hydrogen-bond donors (Lipinski definition) is 2. The highest BCUT2D eigenvalue weighted by molar-refractivity contribution is 9.10. The van der Waals surface area contributed by atoms with Gasteiger partial charge in [0, 0.05) is 17.4 Å². The monoisotopic (exact) mass is 352 g/mol. The summed E-state index contributed by atoms with van der Waals surface area (Å²) in [5, 5.41) is 2.73. The van der Waals surface area contributed by atoms with Gasteiger partial charge in [0.2, 0.25) is 0 Å². The number of methoxy groups -OCH3 is 1. The van der Waals surface area contributed by atoms with E-state index in [4.69, 9.17) is 10.5 Å². The number of amides is 1. The smallest absolute Gasteiger partial charge is 0.259 e. The third-order valence-electron chi connectivity index (χ3n) is 2.99. The van der Waals surface area contributed by atoms with Crippen LogP contribution in [0.3, 0.4) is 0 Å². The van der Waals surface area contributed by atoms with Gasteiger partial charge >= 0.3 is 0 Å². The molecule has 0 aliphatic carbocycles. The van der Waals surface area contributed by atoms with Crippen LogP contribution in [-0.2, 0) is 0 Å². The van der Waals surface area contributed by atoms with E-state index in [1.807, 2.05) is 0 Å². The average Bonchev–Trinajstić information content (AvgIpc) is 2.44. The standard InChI is InChI=1S/C15H14BrFN2O2/c1-8-5-12(17)11(16)7-13(8)19-15(20)10-4-3-9(18)6-14(10)21-2/h3-7H,18H2,1-2H3,(H,19,20). The summed E-state index contributed by atoms with van der Waals surface area (Å²) in [5.41, 5.74) is 7.66. The van der Waals surface area contributed by atoms with E-state index in [2.05, 4.69) is 21.2 Å². The second-order valence-electron chi connectivity index (χ2n) is 4.50. The number of nitrogens with one attached hydrogen (secondary N) is 1. The molecule has 0 spiro atoms. The van der Waals surface area contributed by atoms with Crippen LogP contribution in [0.5, 0.6) is 5.75 Å². The number of nitrogen functional groups attached to an aromatic ring is 1. The van der Waals surface area contributed by atoms with Gasteiger partial charge in [-0.1, -0.05) is 0 Å². The molecule has 0 bridgehead atoms. The molecule has 0 saturated heterocycles. The van der Waals surface area contributed by atoms with Crippen molar-refractivity contribution < 1.29 is 13.9 Å². The Bertz CT molecular complexity index is 704. The third-order valence-corrected chi connectivity index (χ3v) is 3.59. The van der Waals surface area contributed by atoms with E-state index in [1.54, 1.807) is 25.1 Å². The number of aryl methyl sites for hydroxylation is 1. The van der Waals surface area contributed by atoms with Crippen molar-refractivity contribution in [3.8, 4) is 5.75 Å². The zero-order chi connectivity index (χ0) is 15.6. The second-order valence-corrected chi connectivity index (χ2v) is 5.35. The summed E-state index contributed by atoms with van der Waals surface area (Å²) in [6, 6.07) is 7.64. The lowest BCUT2D eigenvalue weighted by atomic mass is 10.1. The molecule has 6 heteroatoms. The van der Waals surface area contributed by atoms with Crippen LogP contribution in [0.25, 0.3) is 0 Å². The molecule has 2 aromatic rings. The summed E-state index contributed by atoms with van der Waals surface area (Å²) < 4.78 is 18.8. The first-order valence-electron chi connectivity index (χ1n) is 6.13. The molecular weight excluding hydrogens is 339 g/mol. The van der Waals surface area contributed by atoms with E-state index >= 15 is 0 Å². The molecule has 0 heterocycles. The largest absolute Gasteiger partial charge is 0.496 e. The number of carbonyl (C=O) groups is 1. The number of benzene rings is 2. The Balaban J connectivity index is 2.32. The lowest BCUT2D eigenvalue weighted by Gasteiger charge is -2.12. The molecule has 1 amide bonds. The Morgan fingerprint density at radius 1 is 1.33 bits per heavy atom. The molecule has 110 valence electrons. The highest BCUT2D eigenvalue weighted by atomic mass is 79.9. The Kier molecular flexibility index (Phi) is 4.47. The number of anilines is 2. The van der Waals surface area contributed by atoms with E-state index in [0.29, 0.717) is 28.3 Å².